The van der Waals surface area contributed by atoms with E-state index in [9.17, 15) is 9.59 Å². The third-order valence-electron chi connectivity index (χ3n) is 6.72. The number of carbonyl (C=O) groups excluding carboxylic acids is 2. The molecule has 0 unspecified atom stereocenters. The van der Waals surface area contributed by atoms with Crippen LogP contribution in [0.4, 0.5) is 0 Å². The molecule has 0 aliphatic heterocycles. The zero-order valence-corrected chi connectivity index (χ0v) is 21.4. The molecule has 1 atom stereocenters. The van der Waals surface area contributed by atoms with Crippen LogP contribution in [0.2, 0.25) is 5.02 Å². The maximum Gasteiger partial charge on any atom is 0.261 e. The number of nitrogens with one attached hydrogen (secondary N) is 1. The maximum atomic E-state index is 13.7. The van der Waals surface area contributed by atoms with Crippen molar-refractivity contribution in [3.8, 4) is 5.75 Å². The number of para-hydroxylation sites is 1. The molecule has 3 aromatic rings. The summed E-state index contributed by atoms with van der Waals surface area (Å²) in [4.78, 5) is 29.0. The fraction of sp³-hybridized carbons (Fsp3) is 0.333. The van der Waals surface area contributed by atoms with Crippen molar-refractivity contribution in [2.75, 3.05) is 6.61 Å². The van der Waals surface area contributed by atoms with Crippen LogP contribution in [0.1, 0.15) is 42.4 Å². The zero-order chi connectivity index (χ0) is 25.3. The van der Waals surface area contributed by atoms with Gasteiger partial charge in [0.1, 0.15) is 11.8 Å². The smallest absolute Gasteiger partial charge is 0.261 e. The van der Waals surface area contributed by atoms with Gasteiger partial charge in [0.2, 0.25) is 5.91 Å². The molecule has 188 valence electrons. The number of hydrogen-bond acceptors (Lipinski definition) is 3. The van der Waals surface area contributed by atoms with Gasteiger partial charge in [-0.05, 0) is 48.6 Å². The molecule has 1 aliphatic rings. The Hall–Kier alpha value is -3.31. The molecule has 0 aromatic heterocycles. The van der Waals surface area contributed by atoms with Crippen molar-refractivity contribution in [1.82, 2.24) is 10.2 Å². The van der Waals surface area contributed by atoms with Gasteiger partial charge in [0.25, 0.3) is 5.91 Å². The lowest BCUT2D eigenvalue weighted by Gasteiger charge is -2.32. The highest BCUT2D eigenvalue weighted by molar-refractivity contribution is 6.31. The minimum absolute atomic E-state index is 0.137. The average Bonchev–Trinajstić information content (AvgIpc) is 3.40. The maximum absolute atomic E-state index is 13.7. The van der Waals surface area contributed by atoms with Crippen LogP contribution in [0, 0.1) is 6.92 Å². The molecule has 5 nitrogen and oxygen atoms in total. The number of ether oxygens (including phenoxy) is 1. The molecule has 0 saturated heterocycles. The summed E-state index contributed by atoms with van der Waals surface area (Å²) in [5.74, 6) is 0.251. The fourth-order valence-corrected chi connectivity index (χ4v) is 4.87. The Bertz CT molecular complexity index is 1160. The van der Waals surface area contributed by atoms with E-state index < -0.39 is 6.04 Å². The minimum Gasteiger partial charge on any atom is -0.484 e. The van der Waals surface area contributed by atoms with E-state index >= 15 is 0 Å². The molecule has 0 radical (unpaired) electrons. The molecular formula is C30H33ClN2O3. The van der Waals surface area contributed by atoms with E-state index in [1.807, 2.05) is 79.7 Å². The lowest BCUT2D eigenvalue weighted by atomic mass is 10.0. The first-order valence-corrected chi connectivity index (χ1v) is 12.9. The summed E-state index contributed by atoms with van der Waals surface area (Å²) in [7, 11) is 0. The van der Waals surface area contributed by atoms with Gasteiger partial charge in [0.15, 0.2) is 6.61 Å². The van der Waals surface area contributed by atoms with Crippen LogP contribution in [0.3, 0.4) is 0 Å². The molecule has 1 N–H and O–H groups in total. The highest BCUT2D eigenvalue weighted by Gasteiger charge is 2.32. The van der Waals surface area contributed by atoms with Gasteiger partial charge >= 0.3 is 0 Å². The van der Waals surface area contributed by atoms with E-state index in [1.165, 1.54) is 0 Å². The normalized spacial score (nSPS) is 14.3. The van der Waals surface area contributed by atoms with Gasteiger partial charge in [-0.15, -0.1) is 0 Å². The highest BCUT2D eigenvalue weighted by atomic mass is 35.5. The Labute approximate surface area is 218 Å². The van der Waals surface area contributed by atoms with Crippen LogP contribution in [0.5, 0.6) is 5.75 Å². The first-order chi connectivity index (χ1) is 17.5. The van der Waals surface area contributed by atoms with Crippen LogP contribution < -0.4 is 10.1 Å². The summed E-state index contributed by atoms with van der Waals surface area (Å²) >= 11 is 6.48. The number of nitrogens with zero attached hydrogens (tertiary/aromatic N) is 1. The summed E-state index contributed by atoms with van der Waals surface area (Å²) in [5.41, 5.74) is 2.72. The summed E-state index contributed by atoms with van der Waals surface area (Å²) < 4.78 is 5.91. The van der Waals surface area contributed by atoms with Crippen molar-refractivity contribution in [1.29, 1.82) is 0 Å². The summed E-state index contributed by atoms with van der Waals surface area (Å²) in [6.07, 6.45) is 4.57. The van der Waals surface area contributed by atoms with Gasteiger partial charge in [-0.25, -0.2) is 0 Å². The number of hydrogen-bond donors (Lipinski definition) is 1. The van der Waals surface area contributed by atoms with E-state index in [0.717, 1.165) is 42.4 Å². The van der Waals surface area contributed by atoms with Gasteiger partial charge in [0.05, 0.1) is 0 Å². The summed E-state index contributed by atoms with van der Waals surface area (Å²) in [6, 6.07) is 24.3. The molecular weight excluding hydrogens is 472 g/mol. The van der Waals surface area contributed by atoms with Gasteiger partial charge in [0, 0.05) is 24.0 Å². The monoisotopic (exact) mass is 504 g/mol. The molecule has 6 heteroatoms. The Morgan fingerprint density at radius 3 is 2.36 bits per heavy atom. The Morgan fingerprint density at radius 1 is 0.972 bits per heavy atom. The molecule has 0 bridgehead atoms. The molecule has 4 rings (SSSR count). The zero-order valence-electron chi connectivity index (χ0n) is 20.7. The second-order valence-electron chi connectivity index (χ2n) is 9.36. The number of carbonyl (C=O) groups is 2. The topological polar surface area (TPSA) is 58.6 Å². The van der Waals surface area contributed by atoms with E-state index in [1.54, 1.807) is 11.0 Å². The van der Waals surface area contributed by atoms with Crippen molar-refractivity contribution < 1.29 is 14.3 Å². The first-order valence-electron chi connectivity index (χ1n) is 12.6. The largest absolute Gasteiger partial charge is 0.484 e. The van der Waals surface area contributed by atoms with Gasteiger partial charge in [-0.1, -0.05) is 91.2 Å². The minimum atomic E-state index is -0.697. The summed E-state index contributed by atoms with van der Waals surface area (Å²) in [5, 5.41) is 3.77. The molecule has 0 heterocycles. The SMILES string of the molecule is Cc1ccccc1OCC(=O)N(Cc1ccccc1Cl)[C@H](Cc1ccccc1)C(=O)NC1CCCC1. The third kappa shape index (κ3) is 6.88. The van der Waals surface area contributed by atoms with Crippen LogP contribution in [-0.2, 0) is 22.6 Å². The van der Waals surface area contributed by atoms with Crippen molar-refractivity contribution in [2.45, 2.75) is 57.7 Å². The molecule has 36 heavy (non-hydrogen) atoms. The van der Waals surface area contributed by atoms with E-state index in [0.29, 0.717) is 17.2 Å². The van der Waals surface area contributed by atoms with E-state index in [-0.39, 0.29) is 31.0 Å². The van der Waals surface area contributed by atoms with E-state index in [2.05, 4.69) is 5.32 Å². The lowest BCUT2D eigenvalue weighted by Crippen LogP contribution is -2.53. The predicted molar refractivity (Wildman–Crippen MR) is 143 cm³/mol. The standard InChI is InChI=1S/C30H33ClN2O3/c1-22-11-5-10-18-28(22)36-21-29(34)33(20-24-14-6-9-17-26(24)31)27(19-23-12-3-2-4-13-23)30(35)32-25-15-7-8-16-25/h2-6,9-14,17-18,25,27H,7-8,15-16,19-21H2,1H3,(H,32,35)/t27-/m1/s1. The Kier molecular flexibility index (Phi) is 9.01. The van der Waals surface area contributed by atoms with E-state index in [4.69, 9.17) is 16.3 Å². The number of amides is 2. The number of benzene rings is 3. The summed E-state index contributed by atoms with van der Waals surface area (Å²) in [6.45, 7) is 1.98. The Morgan fingerprint density at radius 2 is 1.64 bits per heavy atom. The molecule has 0 spiro atoms. The molecule has 1 saturated carbocycles. The van der Waals surface area contributed by atoms with Crippen LogP contribution in [0.15, 0.2) is 78.9 Å². The second kappa shape index (κ2) is 12.6. The molecule has 3 aromatic carbocycles. The molecule has 1 fully saturated rings. The second-order valence-corrected chi connectivity index (χ2v) is 9.77. The molecule has 2 amide bonds. The van der Waals surface area contributed by atoms with Gasteiger partial charge in [-0.2, -0.15) is 0 Å². The fourth-order valence-electron chi connectivity index (χ4n) is 4.67. The number of rotatable bonds is 10. The highest BCUT2D eigenvalue weighted by Crippen LogP contribution is 2.23. The number of aryl methyl sites for hydroxylation is 1. The predicted octanol–water partition coefficient (Wildman–Crippen LogP) is 5.73. The Balaban J connectivity index is 1.63. The van der Waals surface area contributed by atoms with Crippen molar-refractivity contribution in [2.24, 2.45) is 0 Å². The van der Waals surface area contributed by atoms with Crippen LogP contribution in [-0.4, -0.2) is 35.4 Å². The van der Waals surface area contributed by atoms with Crippen molar-refractivity contribution in [3.05, 3.63) is 101 Å². The third-order valence-corrected chi connectivity index (χ3v) is 7.08. The van der Waals surface area contributed by atoms with Crippen molar-refractivity contribution >= 4 is 23.4 Å². The number of halogens is 1. The van der Waals surface area contributed by atoms with Crippen LogP contribution >= 0.6 is 11.6 Å². The van der Waals surface area contributed by atoms with Gasteiger partial charge < -0.3 is 15.0 Å². The van der Waals surface area contributed by atoms with Gasteiger partial charge in [-0.3, -0.25) is 9.59 Å². The van der Waals surface area contributed by atoms with Crippen LogP contribution in [0.25, 0.3) is 0 Å². The molecule has 1 aliphatic carbocycles. The van der Waals surface area contributed by atoms with Crippen molar-refractivity contribution in [3.63, 3.8) is 0 Å². The quantitative estimate of drug-likeness (QED) is 0.384. The first kappa shape index (κ1) is 25.8. The lowest BCUT2D eigenvalue weighted by molar-refractivity contribution is -0.143. The average molecular weight is 505 g/mol.